The third-order valence-corrected chi connectivity index (χ3v) is 4.06. The maximum Gasteiger partial charge on any atom is 0.155 e. The lowest BCUT2D eigenvalue weighted by molar-refractivity contribution is -0.0956. The van der Waals surface area contributed by atoms with Crippen molar-refractivity contribution >= 4 is 0 Å². The van der Waals surface area contributed by atoms with Crippen LogP contribution in [0, 0.1) is 5.92 Å². The molecule has 0 amide bonds. The molecule has 5 nitrogen and oxygen atoms in total. The van der Waals surface area contributed by atoms with Gasteiger partial charge < -0.3 is 19.7 Å². The second-order valence-corrected chi connectivity index (χ2v) is 4.97. The van der Waals surface area contributed by atoms with Crippen LogP contribution in [0.15, 0.2) is 0 Å². The number of aliphatic hydroxyl groups excluding tert-OH is 2. The lowest BCUT2D eigenvalue weighted by Gasteiger charge is -2.36. The minimum absolute atomic E-state index is 0.0397. The van der Waals surface area contributed by atoms with Gasteiger partial charge in [0.05, 0.1) is 25.4 Å². The molecule has 0 bridgehead atoms. The molecule has 1 saturated carbocycles. The first-order valence-corrected chi connectivity index (χ1v) is 6.09. The lowest BCUT2D eigenvalue weighted by atomic mass is 9.97. The summed E-state index contributed by atoms with van der Waals surface area (Å²) in [5, 5.41) is 19.6. The van der Waals surface area contributed by atoms with Crippen molar-refractivity contribution in [3.63, 3.8) is 0 Å². The van der Waals surface area contributed by atoms with Gasteiger partial charge in [0.15, 0.2) is 6.29 Å². The Morgan fingerprint density at radius 3 is 2.56 bits per heavy atom. The van der Waals surface area contributed by atoms with Crippen LogP contribution in [0.1, 0.15) is 12.8 Å². The minimum Gasteiger partial charge on any atom is -0.391 e. The van der Waals surface area contributed by atoms with Crippen molar-refractivity contribution in [2.75, 3.05) is 26.3 Å². The fourth-order valence-electron chi connectivity index (χ4n) is 3.39. The van der Waals surface area contributed by atoms with E-state index in [9.17, 15) is 10.2 Å². The van der Waals surface area contributed by atoms with E-state index in [1.54, 1.807) is 0 Å². The molecule has 2 saturated heterocycles. The van der Waals surface area contributed by atoms with Crippen LogP contribution in [0.4, 0.5) is 0 Å². The topological polar surface area (TPSA) is 62.2 Å². The van der Waals surface area contributed by atoms with Gasteiger partial charge >= 0.3 is 0 Å². The summed E-state index contributed by atoms with van der Waals surface area (Å²) in [7, 11) is 0. The second-order valence-electron chi connectivity index (χ2n) is 4.97. The molecule has 1 aliphatic carbocycles. The predicted octanol–water partition coefficient (Wildman–Crippen LogP) is -0.825. The van der Waals surface area contributed by atoms with E-state index in [1.165, 1.54) is 0 Å². The van der Waals surface area contributed by atoms with E-state index in [2.05, 4.69) is 4.90 Å². The molecule has 5 heteroatoms. The first-order chi connectivity index (χ1) is 7.75. The Hall–Kier alpha value is -0.200. The SMILES string of the molecule is OC1C[C@H]2[C@@H](N3CCOCC3)[C@H](O)C[C@H]2O1. The summed E-state index contributed by atoms with van der Waals surface area (Å²) < 4.78 is 10.7. The van der Waals surface area contributed by atoms with Crippen molar-refractivity contribution in [3.8, 4) is 0 Å². The van der Waals surface area contributed by atoms with Crippen molar-refractivity contribution < 1.29 is 19.7 Å². The predicted molar refractivity (Wildman–Crippen MR) is 55.8 cm³/mol. The average Bonchev–Trinajstić information content (AvgIpc) is 2.74. The normalized spacial score (nSPS) is 49.5. The standard InChI is InChI=1S/C11H19NO4/c13-8-6-9-7(5-10(14)16-9)11(8)12-1-3-15-4-2-12/h7-11,13-14H,1-6H2/t7-,8-,9-,10?,11-/m1/s1. The molecule has 0 spiro atoms. The molecular formula is C11H19NO4. The molecule has 0 radical (unpaired) electrons. The average molecular weight is 229 g/mol. The summed E-state index contributed by atoms with van der Waals surface area (Å²) in [5.41, 5.74) is 0. The number of aliphatic hydroxyl groups is 2. The van der Waals surface area contributed by atoms with E-state index >= 15 is 0 Å². The zero-order chi connectivity index (χ0) is 11.1. The van der Waals surface area contributed by atoms with E-state index in [4.69, 9.17) is 9.47 Å². The smallest absolute Gasteiger partial charge is 0.155 e. The van der Waals surface area contributed by atoms with Crippen LogP contribution >= 0.6 is 0 Å². The lowest BCUT2D eigenvalue weighted by Crippen LogP contribution is -2.49. The van der Waals surface area contributed by atoms with Crippen molar-refractivity contribution in [1.82, 2.24) is 4.90 Å². The zero-order valence-corrected chi connectivity index (χ0v) is 9.29. The Morgan fingerprint density at radius 1 is 1.06 bits per heavy atom. The molecule has 0 aromatic heterocycles. The zero-order valence-electron chi connectivity index (χ0n) is 9.29. The highest BCUT2D eigenvalue weighted by molar-refractivity contribution is 5.01. The molecule has 1 unspecified atom stereocenters. The van der Waals surface area contributed by atoms with E-state index < -0.39 is 6.29 Å². The van der Waals surface area contributed by atoms with Crippen LogP contribution in [0.5, 0.6) is 0 Å². The number of nitrogens with zero attached hydrogens (tertiary/aromatic N) is 1. The largest absolute Gasteiger partial charge is 0.391 e. The van der Waals surface area contributed by atoms with Crippen LogP contribution in [-0.2, 0) is 9.47 Å². The molecule has 2 N–H and O–H groups in total. The van der Waals surface area contributed by atoms with Crippen molar-refractivity contribution in [1.29, 1.82) is 0 Å². The Labute approximate surface area is 94.9 Å². The minimum atomic E-state index is -0.633. The van der Waals surface area contributed by atoms with Crippen LogP contribution in [0.3, 0.4) is 0 Å². The maximum atomic E-state index is 10.1. The van der Waals surface area contributed by atoms with Crippen LogP contribution < -0.4 is 0 Å². The molecule has 3 rings (SSSR count). The molecule has 0 aromatic carbocycles. The summed E-state index contributed by atoms with van der Waals surface area (Å²) in [4.78, 5) is 2.29. The van der Waals surface area contributed by atoms with Gasteiger partial charge in [-0.25, -0.2) is 0 Å². The Morgan fingerprint density at radius 2 is 1.81 bits per heavy atom. The first kappa shape index (κ1) is 10.9. The van der Waals surface area contributed by atoms with Crippen molar-refractivity contribution in [2.45, 2.75) is 37.4 Å². The van der Waals surface area contributed by atoms with E-state index in [-0.39, 0.29) is 24.2 Å². The van der Waals surface area contributed by atoms with Crippen molar-refractivity contribution in [2.24, 2.45) is 5.92 Å². The molecule has 3 fully saturated rings. The van der Waals surface area contributed by atoms with Gasteiger partial charge in [0.25, 0.3) is 0 Å². The van der Waals surface area contributed by atoms with E-state index in [0.717, 1.165) is 26.3 Å². The van der Waals surface area contributed by atoms with Gasteiger partial charge in [0.1, 0.15) is 0 Å². The highest BCUT2D eigenvalue weighted by Gasteiger charge is 2.50. The number of ether oxygens (including phenoxy) is 2. The number of hydrogen-bond donors (Lipinski definition) is 2. The molecular weight excluding hydrogens is 210 g/mol. The summed E-state index contributed by atoms with van der Waals surface area (Å²) in [6.45, 7) is 3.23. The van der Waals surface area contributed by atoms with Gasteiger partial charge in [-0.15, -0.1) is 0 Å². The van der Waals surface area contributed by atoms with E-state index in [0.29, 0.717) is 12.8 Å². The third-order valence-electron chi connectivity index (χ3n) is 4.06. The monoisotopic (exact) mass is 229 g/mol. The second kappa shape index (κ2) is 4.23. The summed E-state index contributed by atoms with van der Waals surface area (Å²) in [6.07, 6.45) is 0.400. The van der Waals surface area contributed by atoms with Gasteiger partial charge in [-0.05, 0) is 0 Å². The van der Waals surface area contributed by atoms with Gasteiger partial charge in [-0.1, -0.05) is 0 Å². The highest BCUT2D eigenvalue weighted by Crippen LogP contribution is 2.41. The number of morpholine rings is 1. The summed E-state index contributed by atoms with van der Waals surface area (Å²) >= 11 is 0. The van der Waals surface area contributed by atoms with Gasteiger partial charge in [0.2, 0.25) is 0 Å². The van der Waals surface area contributed by atoms with Crippen LogP contribution in [0.2, 0.25) is 0 Å². The Kier molecular flexibility index (Phi) is 2.89. The quantitative estimate of drug-likeness (QED) is 0.615. The Balaban J connectivity index is 1.72. The first-order valence-electron chi connectivity index (χ1n) is 6.09. The summed E-state index contributed by atoms with van der Waals surface area (Å²) in [5.74, 6) is 0.281. The highest BCUT2D eigenvalue weighted by atomic mass is 16.6. The maximum absolute atomic E-state index is 10.1. The molecule has 2 aliphatic heterocycles. The molecule has 0 aromatic rings. The molecule has 5 atom stereocenters. The number of hydrogen-bond acceptors (Lipinski definition) is 5. The van der Waals surface area contributed by atoms with Crippen LogP contribution in [-0.4, -0.2) is 66.0 Å². The van der Waals surface area contributed by atoms with Gasteiger partial charge in [-0.2, -0.15) is 0 Å². The number of rotatable bonds is 1. The van der Waals surface area contributed by atoms with E-state index in [1.807, 2.05) is 0 Å². The fourth-order valence-corrected chi connectivity index (χ4v) is 3.39. The van der Waals surface area contributed by atoms with Gasteiger partial charge in [-0.3, -0.25) is 4.90 Å². The number of fused-ring (bicyclic) bond motifs is 1. The molecule has 2 heterocycles. The Bertz CT molecular complexity index is 256. The van der Waals surface area contributed by atoms with Crippen LogP contribution in [0.25, 0.3) is 0 Å². The van der Waals surface area contributed by atoms with Crippen molar-refractivity contribution in [3.05, 3.63) is 0 Å². The molecule has 3 aliphatic rings. The molecule has 16 heavy (non-hydrogen) atoms. The fraction of sp³-hybridized carbons (Fsp3) is 1.00. The molecule has 92 valence electrons. The third kappa shape index (κ3) is 1.76. The summed E-state index contributed by atoms with van der Waals surface area (Å²) in [6, 6.07) is 0.144. The van der Waals surface area contributed by atoms with Gasteiger partial charge in [0, 0.05) is 37.9 Å².